The maximum atomic E-state index is 12.8. The van der Waals surface area contributed by atoms with Gasteiger partial charge in [0.15, 0.2) is 17.5 Å². The van der Waals surface area contributed by atoms with Crippen molar-refractivity contribution >= 4 is 47.4 Å². The summed E-state index contributed by atoms with van der Waals surface area (Å²) < 4.78 is 23.3. The second-order valence-electron chi connectivity index (χ2n) is 5.12. The molecule has 0 spiro atoms. The van der Waals surface area contributed by atoms with Crippen LogP contribution in [0.5, 0.6) is 11.5 Å². The average Bonchev–Trinajstić information content (AvgIpc) is 2.62. The number of aliphatic imine (C=N–C) groups is 1. The van der Waals surface area contributed by atoms with Crippen LogP contribution in [0.25, 0.3) is 0 Å². The number of nitrogens with zero attached hydrogens (tertiary/aromatic N) is 1. The van der Waals surface area contributed by atoms with Crippen LogP contribution in [0.4, 0.5) is 10.1 Å². The van der Waals surface area contributed by atoms with E-state index in [0.29, 0.717) is 24.0 Å². The lowest BCUT2D eigenvalue weighted by atomic mass is 10.3. The van der Waals surface area contributed by atoms with E-state index in [0.717, 1.165) is 22.8 Å². The molecule has 142 valence electrons. The lowest BCUT2D eigenvalue weighted by Crippen LogP contribution is -2.22. The Bertz CT molecular complexity index is 714. The number of guanidine groups is 1. The molecule has 0 aliphatic carbocycles. The number of ether oxygens (including phenoxy) is 2. The van der Waals surface area contributed by atoms with Crippen molar-refractivity contribution in [2.75, 3.05) is 31.8 Å². The van der Waals surface area contributed by atoms with Gasteiger partial charge in [-0.15, -0.1) is 35.7 Å². The van der Waals surface area contributed by atoms with E-state index in [1.165, 1.54) is 12.1 Å². The molecule has 0 aromatic heterocycles. The molecule has 0 unspecified atom stereocenters. The van der Waals surface area contributed by atoms with E-state index in [2.05, 4.69) is 10.3 Å². The van der Waals surface area contributed by atoms with E-state index in [1.807, 2.05) is 6.07 Å². The second-order valence-corrected chi connectivity index (χ2v) is 6.29. The van der Waals surface area contributed by atoms with Gasteiger partial charge in [0.05, 0.1) is 14.2 Å². The van der Waals surface area contributed by atoms with E-state index in [-0.39, 0.29) is 29.8 Å². The topological polar surface area (TPSA) is 68.9 Å². The van der Waals surface area contributed by atoms with Crippen LogP contribution in [0.3, 0.4) is 0 Å². The van der Waals surface area contributed by atoms with Gasteiger partial charge < -0.3 is 20.5 Å². The predicted molar refractivity (Wildman–Crippen MR) is 117 cm³/mol. The summed E-state index contributed by atoms with van der Waals surface area (Å²) >= 11 is 1.67. The van der Waals surface area contributed by atoms with Crippen molar-refractivity contribution in [3.05, 3.63) is 48.3 Å². The lowest BCUT2D eigenvalue weighted by molar-refractivity contribution is 0.355. The van der Waals surface area contributed by atoms with Gasteiger partial charge in [0.2, 0.25) is 0 Å². The Labute approximate surface area is 174 Å². The second kappa shape index (κ2) is 11.8. The van der Waals surface area contributed by atoms with Crippen LogP contribution in [-0.4, -0.2) is 32.5 Å². The molecule has 26 heavy (non-hydrogen) atoms. The van der Waals surface area contributed by atoms with Gasteiger partial charge in [-0.3, -0.25) is 4.99 Å². The number of nitrogens with two attached hydrogens (primary N) is 1. The van der Waals surface area contributed by atoms with E-state index >= 15 is 0 Å². The van der Waals surface area contributed by atoms with Crippen LogP contribution in [0, 0.1) is 5.82 Å². The Kier molecular flexibility index (Phi) is 10.2. The zero-order valence-corrected chi connectivity index (χ0v) is 17.8. The predicted octanol–water partition coefficient (Wildman–Crippen LogP) is 4.37. The summed E-state index contributed by atoms with van der Waals surface area (Å²) in [6.07, 6.45) is 0.871. The van der Waals surface area contributed by atoms with Crippen molar-refractivity contribution in [1.29, 1.82) is 0 Å². The summed E-state index contributed by atoms with van der Waals surface area (Å²) in [5, 5.41) is 3.03. The first-order chi connectivity index (χ1) is 12.1. The summed E-state index contributed by atoms with van der Waals surface area (Å²) in [5.74, 6) is 2.29. The van der Waals surface area contributed by atoms with E-state index in [9.17, 15) is 4.39 Å². The van der Waals surface area contributed by atoms with Gasteiger partial charge in [-0.25, -0.2) is 4.39 Å². The van der Waals surface area contributed by atoms with Gasteiger partial charge >= 0.3 is 0 Å². The van der Waals surface area contributed by atoms with Crippen LogP contribution in [-0.2, 0) is 0 Å². The van der Waals surface area contributed by atoms with E-state index in [4.69, 9.17) is 15.2 Å². The number of methoxy groups -OCH3 is 2. The first-order valence-electron chi connectivity index (χ1n) is 7.79. The summed E-state index contributed by atoms with van der Waals surface area (Å²) in [6.45, 7) is 0.611. The highest BCUT2D eigenvalue weighted by Crippen LogP contribution is 2.29. The molecule has 2 rings (SSSR count). The fourth-order valence-electron chi connectivity index (χ4n) is 2.09. The molecule has 0 radical (unpaired) electrons. The van der Waals surface area contributed by atoms with Crippen LogP contribution in [0.15, 0.2) is 52.4 Å². The van der Waals surface area contributed by atoms with Crippen molar-refractivity contribution in [2.24, 2.45) is 10.7 Å². The number of nitrogens with one attached hydrogen (secondary N) is 1. The Morgan fingerprint density at radius 3 is 2.46 bits per heavy atom. The number of hydrogen-bond donors (Lipinski definition) is 2. The molecule has 0 heterocycles. The van der Waals surface area contributed by atoms with Gasteiger partial charge in [-0.2, -0.15) is 0 Å². The first kappa shape index (κ1) is 22.4. The molecule has 0 aliphatic rings. The molecule has 0 saturated carbocycles. The van der Waals surface area contributed by atoms with Crippen molar-refractivity contribution in [3.8, 4) is 11.5 Å². The van der Waals surface area contributed by atoms with Crippen molar-refractivity contribution < 1.29 is 13.9 Å². The molecule has 3 N–H and O–H groups in total. The summed E-state index contributed by atoms with van der Waals surface area (Å²) in [6, 6.07) is 11.9. The van der Waals surface area contributed by atoms with Crippen molar-refractivity contribution in [1.82, 2.24) is 0 Å². The number of halogens is 2. The molecule has 8 heteroatoms. The number of benzene rings is 2. The molecular formula is C18H23FIN3O2S. The van der Waals surface area contributed by atoms with Crippen LogP contribution in [0.1, 0.15) is 6.42 Å². The van der Waals surface area contributed by atoms with Crippen LogP contribution in [0.2, 0.25) is 0 Å². The zero-order valence-electron chi connectivity index (χ0n) is 14.7. The number of anilines is 1. The molecular weight excluding hydrogens is 468 g/mol. The van der Waals surface area contributed by atoms with Crippen LogP contribution < -0.4 is 20.5 Å². The summed E-state index contributed by atoms with van der Waals surface area (Å²) in [4.78, 5) is 5.34. The SMILES string of the molecule is COc1ccc(NC(N)=NCCCSc2ccc(F)cc2)cc1OC.I. The summed E-state index contributed by atoms with van der Waals surface area (Å²) in [5.41, 5.74) is 6.67. The third-order valence-electron chi connectivity index (χ3n) is 3.32. The Morgan fingerprint density at radius 2 is 1.81 bits per heavy atom. The van der Waals surface area contributed by atoms with Gasteiger partial charge in [-0.1, -0.05) is 0 Å². The van der Waals surface area contributed by atoms with E-state index in [1.54, 1.807) is 50.2 Å². The van der Waals surface area contributed by atoms with Crippen molar-refractivity contribution in [2.45, 2.75) is 11.3 Å². The molecule has 0 saturated heterocycles. The first-order valence-corrected chi connectivity index (χ1v) is 8.78. The highest BCUT2D eigenvalue weighted by atomic mass is 127. The monoisotopic (exact) mass is 491 g/mol. The fourth-order valence-corrected chi connectivity index (χ4v) is 2.92. The minimum atomic E-state index is -0.219. The Morgan fingerprint density at radius 1 is 1.12 bits per heavy atom. The molecule has 2 aromatic carbocycles. The minimum Gasteiger partial charge on any atom is -0.493 e. The third-order valence-corrected chi connectivity index (χ3v) is 4.42. The van der Waals surface area contributed by atoms with E-state index < -0.39 is 0 Å². The molecule has 0 bridgehead atoms. The maximum absolute atomic E-state index is 12.8. The molecule has 5 nitrogen and oxygen atoms in total. The number of thioether (sulfide) groups is 1. The molecule has 0 amide bonds. The highest BCUT2D eigenvalue weighted by molar-refractivity contribution is 14.0. The Balaban J connectivity index is 0.00000338. The van der Waals surface area contributed by atoms with Gasteiger partial charge in [-0.05, 0) is 48.6 Å². The molecule has 0 atom stereocenters. The lowest BCUT2D eigenvalue weighted by Gasteiger charge is -2.10. The smallest absolute Gasteiger partial charge is 0.193 e. The van der Waals surface area contributed by atoms with Gasteiger partial charge in [0, 0.05) is 23.2 Å². The minimum absolute atomic E-state index is 0. The van der Waals surface area contributed by atoms with Gasteiger partial charge in [0.25, 0.3) is 0 Å². The maximum Gasteiger partial charge on any atom is 0.193 e. The quantitative estimate of drug-likeness (QED) is 0.189. The average molecular weight is 491 g/mol. The number of rotatable bonds is 8. The normalized spacial score (nSPS) is 10.8. The molecule has 0 aliphatic heterocycles. The Hall–Kier alpha value is -1.68. The third kappa shape index (κ3) is 7.28. The number of hydrogen-bond acceptors (Lipinski definition) is 4. The highest BCUT2D eigenvalue weighted by Gasteiger charge is 2.05. The van der Waals surface area contributed by atoms with Crippen molar-refractivity contribution in [3.63, 3.8) is 0 Å². The summed E-state index contributed by atoms with van der Waals surface area (Å²) in [7, 11) is 3.17. The standard InChI is InChI=1S/C18H22FN3O2S.HI/c1-23-16-9-6-14(12-17(16)24-2)22-18(20)21-10-3-11-25-15-7-4-13(19)5-8-15;/h4-9,12H,3,10-11H2,1-2H3,(H3,20,21,22);1H. The zero-order chi connectivity index (χ0) is 18.1. The molecule has 2 aromatic rings. The largest absolute Gasteiger partial charge is 0.493 e. The van der Waals surface area contributed by atoms with Crippen LogP contribution >= 0.6 is 35.7 Å². The van der Waals surface area contributed by atoms with Gasteiger partial charge in [0.1, 0.15) is 5.82 Å². The molecule has 0 fully saturated rings. The fraction of sp³-hybridized carbons (Fsp3) is 0.278.